The highest BCUT2D eigenvalue weighted by Gasteiger charge is 2.26. The molecule has 0 aromatic heterocycles. The van der Waals surface area contributed by atoms with E-state index in [0.29, 0.717) is 0 Å². The van der Waals surface area contributed by atoms with Crippen LogP contribution in [0.15, 0.2) is 58.7 Å². The smallest absolute Gasteiger partial charge is 0.332 e. The Morgan fingerprint density at radius 1 is 1.07 bits per heavy atom. The maximum Gasteiger partial charge on any atom is 0.332 e. The number of rotatable bonds is 7. The lowest BCUT2D eigenvalue weighted by Gasteiger charge is -2.32. The van der Waals surface area contributed by atoms with Crippen LogP contribution in [-0.4, -0.2) is 30.2 Å². The van der Waals surface area contributed by atoms with Gasteiger partial charge in [0.2, 0.25) is 0 Å². The lowest BCUT2D eigenvalue weighted by atomic mass is 9.72. The lowest BCUT2D eigenvalue weighted by molar-refractivity contribution is -0.152. The van der Waals surface area contributed by atoms with E-state index < -0.39 is 0 Å². The van der Waals surface area contributed by atoms with Crippen molar-refractivity contribution in [2.45, 2.75) is 86.3 Å². The molecule has 30 heavy (non-hydrogen) atoms. The van der Waals surface area contributed by atoms with Crippen molar-refractivity contribution < 1.29 is 9.53 Å². The molecule has 0 spiro atoms. The van der Waals surface area contributed by atoms with Gasteiger partial charge >= 0.3 is 5.97 Å². The van der Waals surface area contributed by atoms with E-state index in [9.17, 15) is 4.79 Å². The summed E-state index contributed by atoms with van der Waals surface area (Å²) < 4.78 is 5.57. The first-order valence-electron chi connectivity index (χ1n) is 11.6. The van der Waals surface area contributed by atoms with E-state index in [1.807, 2.05) is 26.0 Å². The summed E-state index contributed by atoms with van der Waals surface area (Å²) in [4.78, 5) is 14.4. The van der Waals surface area contributed by atoms with Gasteiger partial charge in [-0.2, -0.15) is 0 Å². The first-order valence-corrected chi connectivity index (χ1v) is 11.6. The third kappa shape index (κ3) is 7.75. The molecule has 3 nitrogen and oxygen atoms in total. The van der Waals surface area contributed by atoms with Gasteiger partial charge in [0.15, 0.2) is 6.23 Å². The molecular formula is C27H41NO2. The molecule has 166 valence electrons. The predicted molar refractivity (Wildman–Crippen MR) is 127 cm³/mol. The standard InChI is InChI=1S/C27H41NO2/c1-21(15-16-25-23(3)14-11-17-27(25,5)6)12-10-13-22(2)20-26(29)30-24(4)28-18-8-7-9-19-28/h10,12-13,15-16,20,24H,7-9,11,14,17-19H2,1-6H3/b13-10+,16-15+,21-12-,22-20+. The van der Waals surface area contributed by atoms with Crippen LogP contribution >= 0.6 is 0 Å². The van der Waals surface area contributed by atoms with Gasteiger partial charge in [0.05, 0.1) is 0 Å². The van der Waals surface area contributed by atoms with Crippen molar-refractivity contribution in [2.24, 2.45) is 5.41 Å². The molecule has 0 amide bonds. The van der Waals surface area contributed by atoms with E-state index in [1.165, 1.54) is 55.2 Å². The van der Waals surface area contributed by atoms with Gasteiger partial charge < -0.3 is 4.74 Å². The summed E-state index contributed by atoms with van der Waals surface area (Å²) in [6.45, 7) is 15.0. The van der Waals surface area contributed by atoms with Crippen LogP contribution in [0.1, 0.15) is 80.1 Å². The molecule has 0 N–H and O–H groups in total. The molecule has 1 aliphatic heterocycles. The molecule has 2 rings (SSSR count). The van der Waals surface area contributed by atoms with Crippen molar-refractivity contribution in [1.29, 1.82) is 0 Å². The quantitative estimate of drug-likeness (QED) is 0.259. The average Bonchev–Trinajstić information content (AvgIpc) is 2.67. The summed E-state index contributed by atoms with van der Waals surface area (Å²) in [5, 5.41) is 0. The Labute approximate surface area is 184 Å². The minimum absolute atomic E-state index is 0.153. The Kier molecular flexibility index (Phi) is 9.36. The Morgan fingerprint density at radius 2 is 1.77 bits per heavy atom. The van der Waals surface area contributed by atoms with Crippen LogP contribution in [0, 0.1) is 5.41 Å². The molecule has 1 saturated heterocycles. The number of likely N-dealkylation sites (tertiary alicyclic amines) is 1. The van der Waals surface area contributed by atoms with E-state index in [0.717, 1.165) is 18.7 Å². The van der Waals surface area contributed by atoms with Gasteiger partial charge in [0, 0.05) is 19.2 Å². The Morgan fingerprint density at radius 3 is 2.43 bits per heavy atom. The summed E-state index contributed by atoms with van der Waals surface area (Å²) in [6, 6.07) is 0. The molecule has 0 bridgehead atoms. The molecular weight excluding hydrogens is 370 g/mol. The van der Waals surface area contributed by atoms with Gasteiger partial charge in [0.1, 0.15) is 0 Å². The topological polar surface area (TPSA) is 29.5 Å². The first kappa shape index (κ1) is 24.4. The first-order chi connectivity index (χ1) is 14.2. The lowest BCUT2D eigenvalue weighted by Crippen LogP contribution is -2.39. The maximum atomic E-state index is 12.2. The number of carbonyl (C=O) groups is 1. The second-order valence-corrected chi connectivity index (χ2v) is 9.56. The second-order valence-electron chi connectivity index (χ2n) is 9.56. The minimum atomic E-state index is -0.266. The molecule has 0 aromatic carbocycles. The average molecular weight is 412 g/mol. The largest absolute Gasteiger partial charge is 0.443 e. The zero-order valence-corrected chi connectivity index (χ0v) is 20.0. The molecule has 1 unspecified atom stereocenters. The zero-order chi connectivity index (χ0) is 22.1. The SMILES string of the molecule is CC1=C(/C=C/C(C)=C\C=C\C(C)=C\C(=O)OC(C)N2CCCCC2)C(C)(C)CCC1. The molecule has 3 heteroatoms. The Hall–Kier alpha value is -1.87. The summed E-state index contributed by atoms with van der Waals surface area (Å²) in [6.07, 6.45) is 19.4. The summed E-state index contributed by atoms with van der Waals surface area (Å²) in [5.74, 6) is -0.266. The number of allylic oxidation sites excluding steroid dienone is 9. The Balaban J connectivity index is 1.89. The number of nitrogens with zero attached hydrogens (tertiary/aromatic N) is 1. The van der Waals surface area contributed by atoms with Crippen LogP contribution in [0.3, 0.4) is 0 Å². The van der Waals surface area contributed by atoms with Gasteiger partial charge in [-0.1, -0.05) is 61.8 Å². The van der Waals surface area contributed by atoms with E-state index in [2.05, 4.69) is 50.8 Å². The van der Waals surface area contributed by atoms with Crippen LogP contribution in [0.4, 0.5) is 0 Å². The highest BCUT2D eigenvalue weighted by Crippen LogP contribution is 2.40. The highest BCUT2D eigenvalue weighted by molar-refractivity contribution is 5.83. The van der Waals surface area contributed by atoms with Crippen molar-refractivity contribution >= 4 is 5.97 Å². The number of esters is 1. The third-order valence-corrected chi connectivity index (χ3v) is 6.31. The van der Waals surface area contributed by atoms with Gasteiger partial charge in [0.25, 0.3) is 0 Å². The van der Waals surface area contributed by atoms with Crippen LogP contribution in [0.5, 0.6) is 0 Å². The maximum absolute atomic E-state index is 12.2. The van der Waals surface area contributed by atoms with Gasteiger partial charge in [-0.25, -0.2) is 4.79 Å². The van der Waals surface area contributed by atoms with E-state index in [4.69, 9.17) is 4.74 Å². The molecule has 1 heterocycles. The predicted octanol–water partition coefficient (Wildman–Crippen LogP) is 6.89. The summed E-state index contributed by atoms with van der Waals surface area (Å²) in [7, 11) is 0. The molecule has 2 aliphatic rings. The number of piperidine rings is 1. The molecule has 0 aromatic rings. The van der Waals surface area contributed by atoms with E-state index >= 15 is 0 Å². The van der Waals surface area contributed by atoms with Crippen LogP contribution < -0.4 is 0 Å². The monoisotopic (exact) mass is 411 g/mol. The van der Waals surface area contributed by atoms with Gasteiger partial charge in [-0.15, -0.1) is 0 Å². The summed E-state index contributed by atoms with van der Waals surface area (Å²) >= 11 is 0. The highest BCUT2D eigenvalue weighted by atomic mass is 16.6. The number of hydrogen-bond donors (Lipinski definition) is 0. The number of carbonyl (C=O) groups excluding carboxylic acids is 1. The minimum Gasteiger partial charge on any atom is -0.443 e. The van der Waals surface area contributed by atoms with Crippen LogP contribution in [0.25, 0.3) is 0 Å². The normalized spacial score (nSPS) is 22.7. The fourth-order valence-electron chi connectivity index (χ4n) is 4.42. The molecule has 1 aliphatic carbocycles. The zero-order valence-electron chi connectivity index (χ0n) is 20.0. The fourth-order valence-corrected chi connectivity index (χ4v) is 4.42. The molecule has 0 radical (unpaired) electrons. The fraction of sp³-hybridized carbons (Fsp3) is 0.593. The second kappa shape index (κ2) is 11.5. The van der Waals surface area contributed by atoms with E-state index in [-0.39, 0.29) is 17.6 Å². The van der Waals surface area contributed by atoms with Crippen molar-refractivity contribution in [2.75, 3.05) is 13.1 Å². The van der Waals surface area contributed by atoms with Crippen LogP contribution in [0.2, 0.25) is 0 Å². The van der Waals surface area contributed by atoms with Crippen molar-refractivity contribution in [3.63, 3.8) is 0 Å². The number of hydrogen-bond acceptors (Lipinski definition) is 3. The summed E-state index contributed by atoms with van der Waals surface area (Å²) in [5.41, 5.74) is 5.35. The number of ether oxygens (including phenoxy) is 1. The van der Waals surface area contributed by atoms with Crippen molar-refractivity contribution in [1.82, 2.24) is 4.90 Å². The van der Waals surface area contributed by atoms with Crippen molar-refractivity contribution in [3.05, 3.63) is 58.7 Å². The molecule has 1 fully saturated rings. The van der Waals surface area contributed by atoms with Crippen LogP contribution in [-0.2, 0) is 9.53 Å². The third-order valence-electron chi connectivity index (χ3n) is 6.31. The van der Waals surface area contributed by atoms with Gasteiger partial charge in [-0.3, -0.25) is 4.90 Å². The molecule has 1 atom stereocenters. The molecule has 0 saturated carbocycles. The van der Waals surface area contributed by atoms with Crippen molar-refractivity contribution in [3.8, 4) is 0 Å². The van der Waals surface area contributed by atoms with E-state index in [1.54, 1.807) is 6.08 Å². The van der Waals surface area contributed by atoms with Gasteiger partial charge in [-0.05, 0) is 76.4 Å². The Bertz CT molecular complexity index is 743.